The second kappa shape index (κ2) is 4.97. The molecule has 0 spiro atoms. The summed E-state index contributed by atoms with van der Waals surface area (Å²) in [6.45, 7) is 1.90. The van der Waals surface area contributed by atoms with Crippen LogP contribution in [0.3, 0.4) is 0 Å². The summed E-state index contributed by atoms with van der Waals surface area (Å²) in [4.78, 5) is 25.8. The Hall–Kier alpha value is -0.880. The van der Waals surface area contributed by atoms with Crippen LogP contribution in [0.4, 0.5) is 0 Å². The summed E-state index contributed by atoms with van der Waals surface area (Å²) in [5, 5.41) is 0. The lowest BCUT2D eigenvalue weighted by Crippen LogP contribution is -2.38. The summed E-state index contributed by atoms with van der Waals surface area (Å²) in [5.41, 5.74) is -0.616. The number of rotatable bonds is 2. The average molecular weight is 289 g/mol. The van der Waals surface area contributed by atoms with Crippen LogP contribution in [0.5, 0.6) is 0 Å². The molecule has 1 saturated heterocycles. The highest BCUT2D eigenvalue weighted by molar-refractivity contribution is 9.10. The Morgan fingerprint density at radius 2 is 2.12 bits per heavy atom. The van der Waals surface area contributed by atoms with Crippen LogP contribution in [-0.2, 0) is 11.3 Å². The summed E-state index contributed by atoms with van der Waals surface area (Å²) in [6, 6.07) is 0. The van der Waals surface area contributed by atoms with Crippen LogP contribution in [0.1, 0.15) is 12.8 Å². The van der Waals surface area contributed by atoms with E-state index in [4.69, 9.17) is 4.74 Å². The number of nitrogens with zero attached hydrogens (tertiary/aromatic N) is 1. The van der Waals surface area contributed by atoms with Crippen molar-refractivity contribution in [3.63, 3.8) is 0 Å². The lowest BCUT2D eigenvalue weighted by molar-refractivity contribution is 0.0605. The minimum Gasteiger partial charge on any atom is -0.381 e. The minimum absolute atomic E-state index is 0.268. The van der Waals surface area contributed by atoms with Gasteiger partial charge in [0.2, 0.25) is 0 Å². The first-order valence-corrected chi connectivity index (χ1v) is 6.03. The van der Waals surface area contributed by atoms with Gasteiger partial charge in [0.15, 0.2) is 0 Å². The predicted molar refractivity (Wildman–Crippen MR) is 62.6 cm³/mol. The second-order valence-electron chi connectivity index (χ2n) is 3.91. The summed E-state index contributed by atoms with van der Waals surface area (Å²) in [7, 11) is 0. The molecule has 0 radical (unpaired) electrons. The molecule has 0 atom stereocenters. The zero-order chi connectivity index (χ0) is 11.5. The minimum atomic E-state index is -0.348. The average Bonchev–Trinajstić information content (AvgIpc) is 2.31. The van der Waals surface area contributed by atoms with Crippen LogP contribution in [0.15, 0.2) is 20.3 Å². The van der Waals surface area contributed by atoms with E-state index in [1.54, 1.807) is 0 Å². The monoisotopic (exact) mass is 288 g/mol. The first-order chi connectivity index (χ1) is 7.68. The van der Waals surface area contributed by atoms with Crippen LogP contribution in [-0.4, -0.2) is 22.8 Å². The van der Waals surface area contributed by atoms with Crippen molar-refractivity contribution in [3.05, 3.63) is 31.5 Å². The standard InChI is InChI=1S/C10H13BrN2O3/c11-8-5-12-10(15)13(9(8)14)6-7-1-3-16-4-2-7/h5,7H,1-4,6H2,(H,12,15). The molecule has 1 N–H and O–H groups in total. The number of H-pyrrole nitrogens is 1. The maximum Gasteiger partial charge on any atom is 0.328 e. The number of halogens is 1. The van der Waals surface area contributed by atoms with Crippen molar-refractivity contribution < 1.29 is 4.74 Å². The molecule has 6 heteroatoms. The van der Waals surface area contributed by atoms with Crippen molar-refractivity contribution >= 4 is 15.9 Å². The number of ether oxygens (including phenoxy) is 1. The van der Waals surface area contributed by atoms with E-state index in [1.807, 2.05) is 0 Å². The third kappa shape index (κ3) is 2.44. The number of hydrogen-bond donors (Lipinski definition) is 1. The Kier molecular flexibility index (Phi) is 3.60. The van der Waals surface area contributed by atoms with Crippen LogP contribution in [0.25, 0.3) is 0 Å². The Labute approximate surface area is 101 Å². The van der Waals surface area contributed by atoms with Gasteiger partial charge in [0.05, 0.1) is 4.47 Å². The molecule has 5 nitrogen and oxygen atoms in total. The highest BCUT2D eigenvalue weighted by atomic mass is 79.9. The molecule has 0 unspecified atom stereocenters. The maximum atomic E-state index is 11.7. The highest BCUT2D eigenvalue weighted by Crippen LogP contribution is 2.15. The fraction of sp³-hybridized carbons (Fsp3) is 0.600. The van der Waals surface area contributed by atoms with Gasteiger partial charge in [-0.25, -0.2) is 4.79 Å². The van der Waals surface area contributed by atoms with Gasteiger partial charge < -0.3 is 9.72 Å². The number of nitrogens with one attached hydrogen (secondary N) is 1. The molecule has 0 saturated carbocycles. The van der Waals surface area contributed by atoms with Gasteiger partial charge >= 0.3 is 5.69 Å². The molecule has 2 rings (SSSR count). The van der Waals surface area contributed by atoms with Crippen molar-refractivity contribution in [3.8, 4) is 0 Å². The third-order valence-corrected chi connectivity index (χ3v) is 3.37. The Balaban J connectivity index is 2.23. The normalized spacial score (nSPS) is 17.6. The first-order valence-electron chi connectivity index (χ1n) is 5.24. The van der Waals surface area contributed by atoms with Gasteiger partial charge in [-0.15, -0.1) is 0 Å². The number of aromatic nitrogens is 2. The molecule has 2 heterocycles. The van der Waals surface area contributed by atoms with Gasteiger partial charge in [-0.3, -0.25) is 9.36 Å². The van der Waals surface area contributed by atoms with Crippen LogP contribution in [0.2, 0.25) is 0 Å². The Morgan fingerprint density at radius 3 is 2.81 bits per heavy atom. The molecule has 0 aromatic carbocycles. The second-order valence-corrected chi connectivity index (χ2v) is 4.77. The van der Waals surface area contributed by atoms with E-state index in [-0.39, 0.29) is 11.2 Å². The van der Waals surface area contributed by atoms with E-state index in [1.165, 1.54) is 10.8 Å². The summed E-state index contributed by atoms with van der Waals surface area (Å²) < 4.78 is 6.88. The smallest absolute Gasteiger partial charge is 0.328 e. The molecule has 1 aromatic heterocycles. The fourth-order valence-corrected chi connectivity index (χ4v) is 2.17. The fourth-order valence-electron chi connectivity index (χ4n) is 1.84. The quantitative estimate of drug-likeness (QED) is 0.872. The first kappa shape index (κ1) is 11.6. The van der Waals surface area contributed by atoms with Crippen molar-refractivity contribution in [2.24, 2.45) is 5.92 Å². The van der Waals surface area contributed by atoms with Crippen LogP contribution in [0, 0.1) is 5.92 Å². The zero-order valence-corrected chi connectivity index (χ0v) is 10.3. The van der Waals surface area contributed by atoms with Crippen molar-refractivity contribution in [1.29, 1.82) is 0 Å². The van der Waals surface area contributed by atoms with Crippen molar-refractivity contribution in [2.75, 3.05) is 13.2 Å². The Bertz CT molecular complexity index is 474. The molecule has 1 fully saturated rings. The molecule has 16 heavy (non-hydrogen) atoms. The molecular weight excluding hydrogens is 276 g/mol. The largest absolute Gasteiger partial charge is 0.381 e. The molecule has 1 aromatic rings. The van der Waals surface area contributed by atoms with Gasteiger partial charge in [0.25, 0.3) is 5.56 Å². The van der Waals surface area contributed by atoms with Gasteiger partial charge in [0, 0.05) is 26.0 Å². The van der Waals surface area contributed by atoms with E-state index < -0.39 is 0 Å². The molecule has 1 aliphatic heterocycles. The third-order valence-electron chi connectivity index (χ3n) is 2.80. The highest BCUT2D eigenvalue weighted by Gasteiger charge is 2.16. The zero-order valence-electron chi connectivity index (χ0n) is 8.74. The molecular formula is C10H13BrN2O3. The summed E-state index contributed by atoms with van der Waals surface area (Å²) in [6.07, 6.45) is 3.18. The van der Waals surface area contributed by atoms with E-state index in [2.05, 4.69) is 20.9 Å². The van der Waals surface area contributed by atoms with Crippen molar-refractivity contribution in [1.82, 2.24) is 9.55 Å². The maximum absolute atomic E-state index is 11.7. The SMILES string of the molecule is O=c1[nH]cc(Br)c(=O)n1CC1CCOCC1. The van der Waals surface area contributed by atoms with E-state index in [0.717, 1.165) is 12.8 Å². The Morgan fingerprint density at radius 1 is 1.44 bits per heavy atom. The molecule has 88 valence electrons. The predicted octanol–water partition coefficient (Wildman–Crippen LogP) is 0.726. The summed E-state index contributed by atoms with van der Waals surface area (Å²) in [5.74, 6) is 0.349. The topological polar surface area (TPSA) is 64.1 Å². The van der Waals surface area contributed by atoms with E-state index >= 15 is 0 Å². The van der Waals surface area contributed by atoms with Gasteiger partial charge in [-0.2, -0.15) is 0 Å². The molecule has 0 aliphatic carbocycles. The van der Waals surface area contributed by atoms with Crippen LogP contribution < -0.4 is 11.2 Å². The number of hydrogen-bond acceptors (Lipinski definition) is 3. The molecule has 0 bridgehead atoms. The van der Waals surface area contributed by atoms with Gasteiger partial charge in [0.1, 0.15) is 0 Å². The summed E-state index contributed by atoms with van der Waals surface area (Å²) >= 11 is 3.12. The van der Waals surface area contributed by atoms with Gasteiger partial charge in [-0.05, 0) is 34.7 Å². The van der Waals surface area contributed by atoms with E-state index in [0.29, 0.717) is 30.1 Å². The van der Waals surface area contributed by atoms with Crippen molar-refractivity contribution in [2.45, 2.75) is 19.4 Å². The van der Waals surface area contributed by atoms with E-state index in [9.17, 15) is 9.59 Å². The molecule has 0 amide bonds. The number of aromatic amines is 1. The lowest BCUT2D eigenvalue weighted by Gasteiger charge is -2.22. The lowest BCUT2D eigenvalue weighted by atomic mass is 10.0. The van der Waals surface area contributed by atoms with Crippen LogP contribution >= 0.6 is 15.9 Å². The molecule has 1 aliphatic rings. The van der Waals surface area contributed by atoms with Gasteiger partial charge in [-0.1, -0.05) is 0 Å².